The fourth-order valence-corrected chi connectivity index (χ4v) is 3.25. The van der Waals surface area contributed by atoms with Crippen molar-refractivity contribution in [2.45, 2.75) is 32.6 Å². The first-order valence-electron chi connectivity index (χ1n) is 7.20. The van der Waals surface area contributed by atoms with Crippen LogP contribution in [-0.2, 0) is 22.4 Å². The topological polar surface area (TPSA) is 77.2 Å². The minimum atomic E-state index is -0.435. The van der Waals surface area contributed by atoms with E-state index in [2.05, 4.69) is 17.2 Å². The molecular formula is C14H23N3O2S. The highest BCUT2D eigenvalue weighted by molar-refractivity contribution is 7.11. The average molecular weight is 297 g/mol. The molecule has 0 atom stereocenters. The lowest BCUT2D eigenvalue weighted by Crippen LogP contribution is -2.49. The summed E-state index contributed by atoms with van der Waals surface area (Å²) in [6.45, 7) is 4.38. The van der Waals surface area contributed by atoms with Crippen LogP contribution in [0, 0.1) is 5.41 Å². The number of hydrogen-bond donors (Lipinski definition) is 2. The van der Waals surface area contributed by atoms with Gasteiger partial charge in [0.2, 0.25) is 5.91 Å². The zero-order valence-electron chi connectivity index (χ0n) is 12.0. The van der Waals surface area contributed by atoms with Gasteiger partial charge in [-0.2, -0.15) is 0 Å². The molecule has 2 heterocycles. The lowest BCUT2D eigenvalue weighted by Gasteiger charge is -2.34. The van der Waals surface area contributed by atoms with Gasteiger partial charge < -0.3 is 15.8 Å². The molecule has 3 N–H and O–H groups in total. The third-order valence-corrected chi connectivity index (χ3v) is 5.10. The molecule has 0 saturated carbocycles. The smallest absolute Gasteiger partial charge is 0.227 e. The largest absolute Gasteiger partial charge is 0.381 e. The second-order valence-corrected chi connectivity index (χ2v) is 6.38. The van der Waals surface area contributed by atoms with Crippen LogP contribution in [0.1, 0.15) is 29.7 Å². The van der Waals surface area contributed by atoms with E-state index >= 15 is 0 Å². The number of ether oxygens (including phenoxy) is 1. The molecule has 112 valence electrons. The highest BCUT2D eigenvalue weighted by Crippen LogP contribution is 2.29. The van der Waals surface area contributed by atoms with Gasteiger partial charge in [-0.25, -0.2) is 4.98 Å². The van der Waals surface area contributed by atoms with Crippen molar-refractivity contribution in [3.8, 4) is 0 Å². The minimum Gasteiger partial charge on any atom is -0.381 e. The molecule has 20 heavy (non-hydrogen) atoms. The maximum atomic E-state index is 12.3. The summed E-state index contributed by atoms with van der Waals surface area (Å²) in [5.74, 6) is 0.0653. The van der Waals surface area contributed by atoms with Crippen molar-refractivity contribution in [3.05, 3.63) is 16.1 Å². The Hall–Kier alpha value is -0.980. The van der Waals surface area contributed by atoms with Crippen LogP contribution in [-0.4, -0.2) is 37.2 Å². The molecule has 0 aliphatic carbocycles. The summed E-state index contributed by atoms with van der Waals surface area (Å²) in [6.07, 6.45) is 5.15. The molecule has 1 aliphatic heterocycles. The standard InChI is InChI=1S/C14H23N3O2S/c1-2-11-9-17-12(20-11)3-6-16-13(18)14(10-15)4-7-19-8-5-14/h9H,2-8,10,15H2,1H3,(H,16,18). The number of nitrogens with zero attached hydrogens (tertiary/aromatic N) is 1. The Balaban J connectivity index is 1.81. The second kappa shape index (κ2) is 7.15. The third-order valence-electron chi connectivity index (χ3n) is 3.90. The first-order chi connectivity index (χ1) is 9.70. The number of nitrogens with one attached hydrogen (secondary N) is 1. The van der Waals surface area contributed by atoms with Crippen molar-refractivity contribution >= 4 is 17.2 Å². The van der Waals surface area contributed by atoms with E-state index < -0.39 is 5.41 Å². The number of carbonyl (C=O) groups is 1. The van der Waals surface area contributed by atoms with E-state index in [-0.39, 0.29) is 5.91 Å². The summed E-state index contributed by atoms with van der Waals surface area (Å²) < 4.78 is 5.32. The SMILES string of the molecule is CCc1cnc(CCNC(=O)C2(CN)CCOCC2)s1. The summed E-state index contributed by atoms with van der Waals surface area (Å²) in [7, 11) is 0. The van der Waals surface area contributed by atoms with Gasteiger partial charge in [0.15, 0.2) is 0 Å². The fraction of sp³-hybridized carbons (Fsp3) is 0.714. The van der Waals surface area contributed by atoms with E-state index in [1.807, 2.05) is 6.20 Å². The van der Waals surface area contributed by atoms with Crippen molar-refractivity contribution in [1.29, 1.82) is 0 Å². The van der Waals surface area contributed by atoms with Crippen LogP contribution in [0.4, 0.5) is 0 Å². The first kappa shape index (κ1) is 15.4. The van der Waals surface area contributed by atoms with Crippen LogP contribution in [0.3, 0.4) is 0 Å². The Morgan fingerprint density at radius 3 is 2.90 bits per heavy atom. The van der Waals surface area contributed by atoms with Crippen LogP contribution in [0.15, 0.2) is 6.20 Å². The Morgan fingerprint density at radius 1 is 1.55 bits per heavy atom. The van der Waals surface area contributed by atoms with E-state index in [4.69, 9.17) is 10.5 Å². The zero-order chi connectivity index (χ0) is 14.4. The zero-order valence-corrected chi connectivity index (χ0v) is 12.8. The fourth-order valence-electron chi connectivity index (χ4n) is 2.38. The molecule has 1 aliphatic rings. The number of aromatic nitrogens is 1. The highest BCUT2D eigenvalue weighted by Gasteiger charge is 2.38. The molecule has 1 aromatic rings. The third kappa shape index (κ3) is 3.56. The van der Waals surface area contributed by atoms with Crippen LogP contribution in [0.5, 0.6) is 0 Å². The number of amides is 1. The molecule has 0 bridgehead atoms. The monoisotopic (exact) mass is 297 g/mol. The van der Waals surface area contributed by atoms with Gasteiger partial charge in [0, 0.05) is 43.8 Å². The van der Waals surface area contributed by atoms with Gasteiger partial charge in [0.25, 0.3) is 0 Å². The molecule has 5 nitrogen and oxygen atoms in total. The Morgan fingerprint density at radius 2 is 2.30 bits per heavy atom. The summed E-state index contributed by atoms with van der Waals surface area (Å²) in [5.41, 5.74) is 5.38. The van der Waals surface area contributed by atoms with Crippen LogP contribution >= 0.6 is 11.3 Å². The van der Waals surface area contributed by atoms with Gasteiger partial charge in [-0.3, -0.25) is 4.79 Å². The van der Waals surface area contributed by atoms with Crippen LogP contribution in [0.2, 0.25) is 0 Å². The second-order valence-electron chi connectivity index (χ2n) is 5.18. The van der Waals surface area contributed by atoms with Crippen molar-refractivity contribution in [2.24, 2.45) is 11.1 Å². The van der Waals surface area contributed by atoms with E-state index in [0.717, 1.165) is 17.8 Å². The molecule has 6 heteroatoms. The van der Waals surface area contributed by atoms with E-state index in [0.29, 0.717) is 39.1 Å². The lowest BCUT2D eigenvalue weighted by molar-refractivity contribution is -0.135. The van der Waals surface area contributed by atoms with E-state index in [9.17, 15) is 4.79 Å². The first-order valence-corrected chi connectivity index (χ1v) is 8.01. The molecule has 1 aromatic heterocycles. The lowest BCUT2D eigenvalue weighted by atomic mass is 9.79. The predicted octanol–water partition coefficient (Wildman–Crippen LogP) is 1.12. The molecular weight excluding hydrogens is 274 g/mol. The Labute approximate surface area is 123 Å². The molecule has 0 unspecified atom stereocenters. The number of aryl methyl sites for hydroxylation is 1. The van der Waals surface area contributed by atoms with Gasteiger partial charge in [-0.05, 0) is 19.3 Å². The normalized spacial score (nSPS) is 17.9. The predicted molar refractivity (Wildman–Crippen MR) is 79.7 cm³/mol. The van der Waals surface area contributed by atoms with Gasteiger partial charge in [0.1, 0.15) is 0 Å². The summed E-state index contributed by atoms with van der Waals surface area (Å²) in [6, 6.07) is 0. The van der Waals surface area contributed by atoms with Gasteiger partial charge in [-0.1, -0.05) is 6.92 Å². The molecule has 0 aromatic carbocycles. The summed E-state index contributed by atoms with van der Waals surface area (Å²) >= 11 is 1.72. The number of carbonyl (C=O) groups excluding carboxylic acids is 1. The molecule has 0 spiro atoms. The summed E-state index contributed by atoms with van der Waals surface area (Å²) in [4.78, 5) is 18.0. The molecule has 1 fully saturated rings. The van der Waals surface area contributed by atoms with Crippen molar-refractivity contribution in [3.63, 3.8) is 0 Å². The average Bonchev–Trinajstić information content (AvgIpc) is 2.95. The summed E-state index contributed by atoms with van der Waals surface area (Å²) in [5, 5.41) is 4.09. The van der Waals surface area contributed by atoms with Crippen LogP contribution < -0.4 is 11.1 Å². The van der Waals surface area contributed by atoms with Gasteiger partial charge in [0.05, 0.1) is 10.4 Å². The quantitative estimate of drug-likeness (QED) is 0.825. The van der Waals surface area contributed by atoms with Crippen molar-refractivity contribution in [1.82, 2.24) is 10.3 Å². The molecule has 1 saturated heterocycles. The Kier molecular flexibility index (Phi) is 5.51. The molecule has 2 rings (SSSR count). The van der Waals surface area contributed by atoms with Crippen LogP contribution in [0.25, 0.3) is 0 Å². The van der Waals surface area contributed by atoms with Crippen molar-refractivity contribution in [2.75, 3.05) is 26.3 Å². The minimum absolute atomic E-state index is 0.0653. The van der Waals surface area contributed by atoms with E-state index in [1.165, 1.54) is 4.88 Å². The highest BCUT2D eigenvalue weighted by atomic mass is 32.1. The van der Waals surface area contributed by atoms with Gasteiger partial charge in [-0.15, -0.1) is 11.3 Å². The van der Waals surface area contributed by atoms with E-state index in [1.54, 1.807) is 11.3 Å². The maximum absolute atomic E-state index is 12.3. The number of thiazole rings is 1. The van der Waals surface area contributed by atoms with Crippen molar-refractivity contribution < 1.29 is 9.53 Å². The van der Waals surface area contributed by atoms with Gasteiger partial charge >= 0.3 is 0 Å². The number of hydrogen-bond acceptors (Lipinski definition) is 5. The Bertz CT molecular complexity index is 441. The maximum Gasteiger partial charge on any atom is 0.227 e. The molecule has 0 radical (unpaired) electrons. The number of rotatable bonds is 6. The molecule has 1 amide bonds. The number of nitrogens with two attached hydrogens (primary N) is 1.